The van der Waals surface area contributed by atoms with E-state index in [0.717, 1.165) is 36.7 Å². The summed E-state index contributed by atoms with van der Waals surface area (Å²) in [6, 6.07) is 8.60. The van der Waals surface area contributed by atoms with Crippen LogP contribution in [0.2, 0.25) is 0 Å². The van der Waals surface area contributed by atoms with E-state index in [-0.39, 0.29) is 30.4 Å². The quantitative estimate of drug-likeness (QED) is 0.846. The van der Waals surface area contributed by atoms with Crippen molar-refractivity contribution in [2.45, 2.75) is 44.7 Å². The van der Waals surface area contributed by atoms with Crippen molar-refractivity contribution in [1.82, 2.24) is 10.6 Å². The van der Waals surface area contributed by atoms with Gasteiger partial charge in [-0.25, -0.2) is 0 Å². The zero-order chi connectivity index (χ0) is 13.7. The Morgan fingerprint density at radius 1 is 1.45 bits per heavy atom. The van der Waals surface area contributed by atoms with Gasteiger partial charge in [0.2, 0.25) is 5.91 Å². The van der Waals surface area contributed by atoms with Gasteiger partial charge >= 0.3 is 0 Å². The first-order valence-corrected chi connectivity index (χ1v) is 7.72. The summed E-state index contributed by atoms with van der Waals surface area (Å²) in [5.41, 5.74) is 1.31. The third-order valence-electron chi connectivity index (χ3n) is 3.54. The number of rotatable bonds is 5. The molecule has 0 aliphatic carbocycles. The molecule has 2 rings (SSSR count). The lowest BCUT2D eigenvalue weighted by Gasteiger charge is -2.17. The maximum atomic E-state index is 11.9. The molecule has 3 nitrogen and oxygen atoms in total. The van der Waals surface area contributed by atoms with E-state index in [4.69, 9.17) is 0 Å². The summed E-state index contributed by atoms with van der Waals surface area (Å²) < 4.78 is 1.10. The van der Waals surface area contributed by atoms with Crippen molar-refractivity contribution in [3.05, 3.63) is 34.3 Å². The lowest BCUT2D eigenvalue weighted by atomic mass is 10.1. The van der Waals surface area contributed by atoms with Gasteiger partial charge in [0.25, 0.3) is 0 Å². The van der Waals surface area contributed by atoms with Crippen molar-refractivity contribution < 1.29 is 4.79 Å². The van der Waals surface area contributed by atoms with Crippen LogP contribution in [0.1, 0.15) is 31.7 Å². The van der Waals surface area contributed by atoms with E-state index >= 15 is 0 Å². The zero-order valence-electron chi connectivity index (χ0n) is 11.7. The first-order chi connectivity index (χ1) is 9.15. The molecule has 0 bridgehead atoms. The highest BCUT2D eigenvalue weighted by molar-refractivity contribution is 9.10. The van der Waals surface area contributed by atoms with E-state index < -0.39 is 0 Å². The third kappa shape index (κ3) is 5.43. The van der Waals surface area contributed by atoms with Gasteiger partial charge in [0.05, 0.1) is 6.04 Å². The number of halogens is 2. The summed E-state index contributed by atoms with van der Waals surface area (Å²) in [6.07, 6.45) is 4.03. The Morgan fingerprint density at radius 3 is 2.75 bits per heavy atom. The van der Waals surface area contributed by atoms with Crippen LogP contribution in [-0.2, 0) is 11.2 Å². The molecule has 5 heteroatoms. The van der Waals surface area contributed by atoms with Crippen LogP contribution in [0.4, 0.5) is 0 Å². The summed E-state index contributed by atoms with van der Waals surface area (Å²) >= 11 is 3.43. The van der Waals surface area contributed by atoms with Gasteiger partial charge in [-0.05, 0) is 56.8 Å². The summed E-state index contributed by atoms with van der Waals surface area (Å²) in [4.78, 5) is 11.9. The van der Waals surface area contributed by atoms with Gasteiger partial charge < -0.3 is 10.6 Å². The molecule has 0 saturated carbocycles. The Hall–Kier alpha value is -0.580. The van der Waals surface area contributed by atoms with Crippen LogP contribution in [-0.4, -0.2) is 24.5 Å². The molecule has 112 valence electrons. The highest BCUT2D eigenvalue weighted by atomic mass is 79.9. The van der Waals surface area contributed by atoms with Crippen LogP contribution in [0.3, 0.4) is 0 Å². The van der Waals surface area contributed by atoms with Gasteiger partial charge in [-0.2, -0.15) is 0 Å². The monoisotopic (exact) mass is 360 g/mol. The molecule has 1 aromatic rings. The molecule has 0 aromatic heterocycles. The molecular formula is C15H22BrClN2O. The van der Waals surface area contributed by atoms with Gasteiger partial charge in [-0.1, -0.05) is 28.1 Å². The number of aryl methyl sites for hydroxylation is 1. The summed E-state index contributed by atoms with van der Waals surface area (Å²) in [5, 5.41) is 6.32. The Balaban J connectivity index is 0.00000200. The molecule has 1 fully saturated rings. The van der Waals surface area contributed by atoms with Crippen molar-refractivity contribution in [3.63, 3.8) is 0 Å². The van der Waals surface area contributed by atoms with Crippen LogP contribution in [0, 0.1) is 0 Å². The SMILES string of the molecule is CC(CCc1ccc(Br)cc1)NC(=O)C1CCCN1.Cl. The molecule has 1 aliphatic rings. The standard InChI is InChI=1S/C15H21BrN2O.ClH/c1-11(18-15(19)14-3-2-10-17-14)4-5-12-6-8-13(16)9-7-12;/h6-9,11,14,17H,2-5,10H2,1H3,(H,18,19);1H. The molecule has 2 unspecified atom stereocenters. The number of hydrogen-bond donors (Lipinski definition) is 2. The molecule has 1 aromatic carbocycles. The zero-order valence-corrected chi connectivity index (χ0v) is 14.1. The highest BCUT2D eigenvalue weighted by Crippen LogP contribution is 2.12. The normalized spacial score (nSPS) is 19.2. The lowest BCUT2D eigenvalue weighted by molar-refractivity contribution is -0.123. The van der Waals surface area contributed by atoms with Crippen LogP contribution in [0.15, 0.2) is 28.7 Å². The number of benzene rings is 1. The Morgan fingerprint density at radius 2 is 2.15 bits per heavy atom. The first kappa shape index (κ1) is 17.5. The fourth-order valence-corrected chi connectivity index (χ4v) is 2.62. The Bertz CT molecular complexity index is 418. The van der Waals surface area contributed by atoms with E-state index in [1.165, 1.54) is 5.56 Å². The topological polar surface area (TPSA) is 41.1 Å². The maximum Gasteiger partial charge on any atom is 0.237 e. The minimum absolute atomic E-state index is 0. The Labute approximate surface area is 135 Å². The highest BCUT2D eigenvalue weighted by Gasteiger charge is 2.22. The van der Waals surface area contributed by atoms with E-state index in [9.17, 15) is 4.79 Å². The molecule has 1 heterocycles. The van der Waals surface area contributed by atoms with E-state index in [1.54, 1.807) is 0 Å². The van der Waals surface area contributed by atoms with Crippen LogP contribution in [0.25, 0.3) is 0 Å². The molecule has 20 heavy (non-hydrogen) atoms. The largest absolute Gasteiger partial charge is 0.352 e. The average Bonchev–Trinajstić information content (AvgIpc) is 2.92. The van der Waals surface area contributed by atoms with Crippen molar-refractivity contribution in [3.8, 4) is 0 Å². The smallest absolute Gasteiger partial charge is 0.237 e. The van der Waals surface area contributed by atoms with Crippen LogP contribution < -0.4 is 10.6 Å². The predicted molar refractivity (Wildman–Crippen MR) is 88.3 cm³/mol. The van der Waals surface area contributed by atoms with Gasteiger partial charge in [0.15, 0.2) is 0 Å². The minimum Gasteiger partial charge on any atom is -0.352 e. The third-order valence-corrected chi connectivity index (χ3v) is 4.07. The fraction of sp³-hybridized carbons (Fsp3) is 0.533. The summed E-state index contributed by atoms with van der Waals surface area (Å²) in [7, 11) is 0. The molecule has 0 spiro atoms. The maximum absolute atomic E-state index is 11.9. The van der Waals surface area contributed by atoms with Gasteiger partial charge in [0.1, 0.15) is 0 Å². The molecule has 2 atom stereocenters. The van der Waals surface area contributed by atoms with Gasteiger partial charge in [-0.15, -0.1) is 12.4 Å². The molecule has 2 N–H and O–H groups in total. The number of carbonyl (C=O) groups is 1. The molecule has 0 radical (unpaired) electrons. The second-order valence-corrected chi connectivity index (χ2v) is 6.14. The van der Waals surface area contributed by atoms with Crippen molar-refractivity contribution in [1.29, 1.82) is 0 Å². The number of hydrogen-bond acceptors (Lipinski definition) is 2. The molecular weight excluding hydrogens is 340 g/mol. The second kappa shape index (κ2) is 8.65. The summed E-state index contributed by atoms with van der Waals surface area (Å²) in [6.45, 7) is 3.04. The minimum atomic E-state index is 0. The first-order valence-electron chi connectivity index (χ1n) is 6.93. The average molecular weight is 362 g/mol. The second-order valence-electron chi connectivity index (χ2n) is 5.22. The molecule has 1 saturated heterocycles. The number of amides is 1. The van der Waals surface area contributed by atoms with Gasteiger partial charge in [-0.3, -0.25) is 4.79 Å². The van der Waals surface area contributed by atoms with Gasteiger partial charge in [0, 0.05) is 10.5 Å². The van der Waals surface area contributed by atoms with Crippen molar-refractivity contribution >= 4 is 34.2 Å². The molecule has 1 amide bonds. The molecule has 1 aliphatic heterocycles. The van der Waals surface area contributed by atoms with E-state index in [1.807, 2.05) is 0 Å². The number of carbonyl (C=O) groups excluding carboxylic acids is 1. The predicted octanol–water partition coefficient (Wildman–Crippen LogP) is 3.06. The Kier molecular flexibility index (Phi) is 7.56. The van der Waals surface area contributed by atoms with E-state index in [0.29, 0.717) is 0 Å². The number of nitrogens with one attached hydrogen (secondary N) is 2. The van der Waals surface area contributed by atoms with Crippen molar-refractivity contribution in [2.75, 3.05) is 6.54 Å². The van der Waals surface area contributed by atoms with E-state index in [2.05, 4.69) is 57.8 Å². The lowest BCUT2D eigenvalue weighted by Crippen LogP contribution is -2.44. The van der Waals surface area contributed by atoms with Crippen molar-refractivity contribution in [2.24, 2.45) is 0 Å². The van der Waals surface area contributed by atoms with Crippen LogP contribution in [0.5, 0.6) is 0 Å². The summed E-state index contributed by atoms with van der Waals surface area (Å²) in [5.74, 6) is 0.154. The van der Waals surface area contributed by atoms with Crippen LogP contribution >= 0.6 is 28.3 Å². The fourth-order valence-electron chi connectivity index (χ4n) is 2.36.